The lowest BCUT2D eigenvalue weighted by atomic mass is 9.95. The normalized spacial score (nSPS) is 36.0. The molecule has 3 aliphatic rings. The third-order valence-corrected chi connectivity index (χ3v) is 6.03. The molecular weight excluding hydrogens is 332 g/mol. The fourth-order valence-electron chi connectivity index (χ4n) is 4.15. The SMILES string of the molecule is CC1(C)C2CN3C(=O)C(c4ccc(Br)cc4)NC(=O)C3C21. The third-order valence-electron chi connectivity index (χ3n) is 5.50. The quantitative estimate of drug-likeness (QED) is 0.844. The first-order valence-corrected chi connectivity index (χ1v) is 8.07. The Balaban J connectivity index is 1.63. The lowest BCUT2D eigenvalue weighted by Gasteiger charge is -2.38. The molecule has 3 fully saturated rings. The number of hydrogen-bond acceptors (Lipinski definition) is 2. The van der Waals surface area contributed by atoms with Crippen molar-refractivity contribution in [3.05, 3.63) is 34.3 Å². The summed E-state index contributed by atoms with van der Waals surface area (Å²) in [6, 6.07) is 6.76. The Kier molecular flexibility index (Phi) is 2.60. The predicted molar refractivity (Wildman–Crippen MR) is 81.3 cm³/mol. The summed E-state index contributed by atoms with van der Waals surface area (Å²) >= 11 is 3.38. The first-order valence-electron chi connectivity index (χ1n) is 7.27. The van der Waals surface area contributed by atoms with E-state index in [-0.39, 0.29) is 23.3 Å². The zero-order valence-corrected chi connectivity index (χ0v) is 13.6. The predicted octanol–water partition coefficient (Wildman–Crippen LogP) is 2.10. The summed E-state index contributed by atoms with van der Waals surface area (Å²) in [5.41, 5.74) is 1.04. The van der Waals surface area contributed by atoms with E-state index in [1.165, 1.54) is 0 Å². The van der Waals surface area contributed by atoms with E-state index < -0.39 is 6.04 Å². The van der Waals surface area contributed by atoms with Crippen LogP contribution in [0.15, 0.2) is 28.7 Å². The van der Waals surface area contributed by atoms with Gasteiger partial charge >= 0.3 is 0 Å². The molecule has 2 heterocycles. The van der Waals surface area contributed by atoms with Gasteiger partial charge in [-0.05, 0) is 34.9 Å². The maximum atomic E-state index is 12.7. The highest BCUT2D eigenvalue weighted by atomic mass is 79.9. The Hall–Kier alpha value is -1.36. The summed E-state index contributed by atoms with van der Waals surface area (Å²) in [6.07, 6.45) is 0. The van der Waals surface area contributed by atoms with Crippen LogP contribution in [0.3, 0.4) is 0 Å². The molecule has 2 amide bonds. The zero-order chi connectivity index (χ0) is 14.9. The van der Waals surface area contributed by atoms with Crippen molar-refractivity contribution in [3.8, 4) is 0 Å². The van der Waals surface area contributed by atoms with Gasteiger partial charge in [-0.3, -0.25) is 9.59 Å². The molecule has 1 aromatic rings. The van der Waals surface area contributed by atoms with Gasteiger partial charge in [-0.15, -0.1) is 0 Å². The summed E-state index contributed by atoms with van der Waals surface area (Å²) in [5, 5.41) is 2.92. The first-order chi connectivity index (χ1) is 9.91. The number of piperidine rings is 1. The Morgan fingerprint density at radius 3 is 2.57 bits per heavy atom. The van der Waals surface area contributed by atoms with E-state index in [0.717, 1.165) is 16.6 Å². The molecule has 1 aromatic carbocycles. The van der Waals surface area contributed by atoms with E-state index in [1.54, 1.807) is 4.90 Å². The molecule has 4 rings (SSSR count). The molecule has 21 heavy (non-hydrogen) atoms. The van der Waals surface area contributed by atoms with Crippen molar-refractivity contribution in [1.29, 1.82) is 0 Å². The monoisotopic (exact) mass is 348 g/mol. The molecule has 1 N–H and O–H groups in total. The fourth-order valence-corrected chi connectivity index (χ4v) is 4.41. The Morgan fingerprint density at radius 2 is 1.90 bits per heavy atom. The zero-order valence-electron chi connectivity index (χ0n) is 12.0. The molecule has 5 heteroatoms. The minimum absolute atomic E-state index is 0.000550. The van der Waals surface area contributed by atoms with Gasteiger partial charge in [0.05, 0.1) is 0 Å². The van der Waals surface area contributed by atoms with Gasteiger partial charge in [0.1, 0.15) is 12.1 Å². The summed E-state index contributed by atoms with van der Waals surface area (Å²) < 4.78 is 0.961. The van der Waals surface area contributed by atoms with Gasteiger partial charge in [0.25, 0.3) is 5.91 Å². The van der Waals surface area contributed by atoms with E-state index in [1.807, 2.05) is 24.3 Å². The number of halogens is 1. The Bertz CT molecular complexity index is 640. The minimum Gasteiger partial charge on any atom is -0.339 e. The number of fused-ring (bicyclic) bond motifs is 3. The summed E-state index contributed by atoms with van der Waals surface area (Å²) in [7, 11) is 0. The van der Waals surface area contributed by atoms with Gasteiger partial charge < -0.3 is 10.2 Å². The van der Waals surface area contributed by atoms with E-state index in [9.17, 15) is 9.59 Å². The van der Waals surface area contributed by atoms with Crippen LogP contribution >= 0.6 is 15.9 Å². The fraction of sp³-hybridized carbons (Fsp3) is 0.500. The van der Waals surface area contributed by atoms with Crippen LogP contribution in [0.4, 0.5) is 0 Å². The maximum Gasteiger partial charge on any atom is 0.250 e. The van der Waals surface area contributed by atoms with Crippen LogP contribution in [0.2, 0.25) is 0 Å². The van der Waals surface area contributed by atoms with E-state index >= 15 is 0 Å². The van der Waals surface area contributed by atoms with Gasteiger partial charge in [-0.25, -0.2) is 0 Å². The third kappa shape index (κ3) is 1.73. The standard InChI is InChI=1S/C16H17BrN2O2/c1-16(2)10-7-19-13(11(10)16)14(20)18-12(15(19)21)8-3-5-9(17)6-4-8/h3-6,10-13H,7H2,1-2H3,(H,18,20). The van der Waals surface area contributed by atoms with Gasteiger partial charge in [0, 0.05) is 11.0 Å². The van der Waals surface area contributed by atoms with Crippen LogP contribution in [0.5, 0.6) is 0 Å². The van der Waals surface area contributed by atoms with E-state index in [2.05, 4.69) is 35.1 Å². The summed E-state index contributed by atoms with van der Waals surface area (Å²) in [4.78, 5) is 27.0. The number of nitrogens with one attached hydrogen (secondary N) is 1. The number of rotatable bonds is 1. The highest BCUT2D eigenvalue weighted by Gasteiger charge is 2.70. The average molecular weight is 349 g/mol. The van der Waals surface area contributed by atoms with Crippen molar-refractivity contribution in [2.24, 2.45) is 17.3 Å². The molecule has 2 aliphatic heterocycles. The van der Waals surface area contributed by atoms with Gasteiger partial charge in [0.2, 0.25) is 5.91 Å². The lowest BCUT2D eigenvalue weighted by molar-refractivity contribution is -0.149. The molecule has 0 spiro atoms. The van der Waals surface area contributed by atoms with Crippen molar-refractivity contribution in [2.45, 2.75) is 25.9 Å². The van der Waals surface area contributed by atoms with Crippen molar-refractivity contribution < 1.29 is 9.59 Å². The van der Waals surface area contributed by atoms with E-state index in [0.29, 0.717) is 11.8 Å². The van der Waals surface area contributed by atoms with Crippen LogP contribution in [0.25, 0.3) is 0 Å². The molecule has 4 unspecified atom stereocenters. The number of nitrogens with zero attached hydrogens (tertiary/aromatic N) is 1. The van der Waals surface area contributed by atoms with Crippen LogP contribution in [0.1, 0.15) is 25.5 Å². The molecule has 1 aliphatic carbocycles. The largest absolute Gasteiger partial charge is 0.339 e. The second-order valence-corrected chi connectivity index (χ2v) is 7.80. The van der Waals surface area contributed by atoms with Gasteiger partial charge in [-0.2, -0.15) is 0 Å². The number of carbonyl (C=O) groups is 2. The average Bonchev–Trinajstić information content (AvgIpc) is 2.83. The minimum atomic E-state index is -0.539. The van der Waals surface area contributed by atoms with E-state index in [4.69, 9.17) is 0 Å². The molecule has 2 saturated heterocycles. The topological polar surface area (TPSA) is 49.4 Å². The maximum absolute atomic E-state index is 12.7. The molecular formula is C16H17BrN2O2. The van der Waals surface area contributed by atoms with Gasteiger partial charge in [-0.1, -0.05) is 41.9 Å². The molecule has 0 radical (unpaired) electrons. The van der Waals surface area contributed by atoms with Crippen LogP contribution in [0, 0.1) is 17.3 Å². The highest BCUT2D eigenvalue weighted by Crippen LogP contribution is 2.65. The molecule has 4 nitrogen and oxygen atoms in total. The summed E-state index contributed by atoms with van der Waals surface area (Å²) in [6.45, 7) is 5.11. The smallest absolute Gasteiger partial charge is 0.250 e. The van der Waals surface area contributed by atoms with Crippen molar-refractivity contribution in [2.75, 3.05) is 6.54 Å². The van der Waals surface area contributed by atoms with Crippen molar-refractivity contribution in [3.63, 3.8) is 0 Å². The second-order valence-electron chi connectivity index (χ2n) is 6.88. The number of amides is 2. The highest BCUT2D eigenvalue weighted by molar-refractivity contribution is 9.10. The number of piperazine rings is 1. The second kappa shape index (κ2) is 4.09. The van der Waals surface area contributed by atoms with Crippen molar-refractivity contribution >= 4 is 27.7 Å². The first kappa shape index (κ1) is 13.3. The molecule has 1 saturated carbocycles. The lowest BCUT2D eigenvalue weighted by Crippen LogP contribution is -2.59. The Morgan fingerprint density at radius 1 is 1.24 bits per heavy atom. The van der Waals surface area contributed by atoms with Crippen LogP contribution in [-0.2, 0) is 9.59 Å². The van der Waals surface area contributed by atoms with Crippen molar-refractivity contribution in [1.82, 2.24) is 10.2 Å². The molecule has 0 aromatic heterocycles. The van der Waals surface area contributed by atoms with Crippen LogP contribution < -0.4 is 5.32 Å². The molecule has 110 valence electrons. The Labute approximate surface area is 132 Å². The van der Waals surface area contributed by atoms with Gasteiger partial charge in [0.15, 0.2) is 0 Å². The number of benzene rings is 1. The summed E-state index contributed by atoms with van der Waals surface area (Å²) in [5.74, 6) is 0.832. The molecule has 4 atom stereocenters. The van der Waals surface area contributed by atoms with Crippen LogP contribution in [-0.4, -0.2) is 29.3 Å². The number of carbonyl (C=O) groups excluding carboxylic acids is 2. The molecule has 0 bridgehead atoms. The number of hydrogen-bond donors (Lipinski definition) is 1.